The van der Waals surface area contributed by atoms with Crippen LogP contribution in [0.3, 0.4) is 0 Å². The van der Waals surface area contributed by atoms with Crippen LogP contribution in [-0.4, -0.2) is 49.3 Å². The molecule has 1 heterocycles. The van der Waals surface area contributed by atoms with E-state index in [1.165, 1.54) is 20.3 Å². The molecule has 0 saturated heterocycles. The van der Waals surface area contributed by atoms with E-state index in [-0.39, 0.29) is 17.9 Å². The van der Waals surface area contributed by atoms with Crippen molar-refractivity contribution in [3.8, 4) is 0 Å². The fourth-order valence-corrected chi connectivity index (χ4v) is 2.06. The van der Waals surface area contributed by atoms with Crippen LogP contribution in [0.25, 0.3) is 0 Å². The van der Waals surface area contributed by atoms with Gasteiger partial charge in [0.05, 0.1) is 17.6 Å². The maximum absolute atomic E-state index is 11.5. The summed E-state index contributed by atoms with van der Waals surface area (Å²) < 4.78 is 24.4. The molecule has 0 aliphatic heterocycles. The van der Waals surface area contributed by atoms with Crippen LogP contribution in [-0.2, 0) is 10.0 Å². The van der Waals surface area contributed by atoms with E-state index in [0.717, 1.165) is 4.31 Å². The Labute approximate surface area is 107 Å². The molecule has 0 aliphatic carbocycles. The molecule has 2 N–H and O–H groups in total. The molecule has 1 aromatic rings. The molecule has 0 aromatic carbocycles. The first-order valence-electron chi connectivity index (χ1n) is 4.72. The minimum atomic E-state index is -3.24. The number of anilines is 1. The molecule has 0 radical (unpaired) electrons. The number of nitrogens with one attached hydrogen (secondary N) is 2. The summed E-state index contributed by atoms with van der Waals surface area (Å²) in [6.45, 7) is 0.199. The van der Waals surface area contributed by atoms with Crippen LogP contribution >= 0.6 is 15.9 Å². The molecule has 0 fully saturated rings. The Bertz CT molecular complexity index is 540. The van der Waals surface area contributed by atoms with Gasteiger partial charge in [0.25, 0.3) is 5.56 Å². The first-order valence-corrected chi connectivity index (χ1v) is 7.12. The summed E-state index contributed by atoms with van der Waals surface area (Å²) in [6, 6.07) is 0. The number of nitrogens with zero attached hydrogens (tertiary/aromatic N) is 2. The Morgan fingerprint density at radius 1 is 1.53 bits per heavy atom. The molecule has 9 heteroatoms. The van der Waals surface area contributed by atoms with Crippen LogP contribution in [0.2, 0.25) is 0 Å². The van der Waals surface area contributed by atoms with Crippen molar-refractivity contribution < 1.29 is 8.42 Å². The lowest BCUT2D eigenvalue weighted by Crippen LogP contribution is -2.28. The summed E-state index contributed by atoms with van der Waals surface area (Å²) in [7, 11) is -0.298. The predicted molar refractivity (Wildman–Crippen MR) is 68.5 cm³/mol. The van der Waals surface area contributed by atoms with Gasteiger partial charge in [0.2, 0.25) is 10.0 Å². The molecule has 0 atom stereocenters. The molecule has 1 rings (SSSR count). The van der Waals surface area contributed by atoms with Crippen molar-refractivity contribution in [2.24, 2.45) is 0 Å². The van der Waals surface area contributed by atoms with E-state index in [9.17, 15) is 13.2 Å². The third-order valence-electron chi connectivity index (χ3n) is 2.03. The minimum Gasteiger partial charge on any atom is -0.382 e. The molecular formula is C8H13BrN4O3S. The monoisotopic (exact) mass is 324 g/mol. The highest BCUT2D eigenvalue weighted by Gasteiger charge is 2.13. The summed E-state index contributed by atoms with van der Waals surface area (Å²) in [5, 5.41) is 8.68. The highest BCUT2D eigenvalue weighted by molar-refractivity contribution is 9.10. The third kappa shape index (κ3) is 3.79. The lowest BCUT2D eigenvalue weighted by Gasteiger charge is -2.12. The van der Waals surface area contributed by atoms with Gasteiger partial charge in [0.15, 0.2) is 0 Å². The summed E-state index contributed by atoms with van der Waals surface area (Å²) in [5.41, 5.74) is 0.0909. The van der Waals surface area contributed by atoms with E-state index < -0.39 is 10.0 Å². The number of aromatic amines is 1. The Hall–Kier alpha value is -0.930. The van der Waals surface area contributed by atoms with Crippen LogP contribution in [0, 0.1) is 0 Å². The Kier molecular flexibility index (Phi) is 4.66. The Morgan fingerprint density at radius 2 is 2.18 bits per heavy atom. The standard InChI is InChI=1S/C8H13BrN4O3S/c1-13(2)17(15,16)4-3-10-6-5-11-12-8(14)7(6)9/h5H,3-4H2,1-2H3,(H2,10,12,14). The second kappa shape index (κ2) is 5.61. The number of sulfonamides is 1. The molecule has 0 amide bonds. The van der Waals surface area contributed by atoms with Crippen molar-refractivity contribution in [2.75, 3.05) is 31.7 Å². The van der Waals surface area contributed by atoms with Gasteiger partial charge < -0.3 is 5.32 Å². The summed E-state index contributed by atoms with van der Waals surface area (Å²) >= 11 is 3.08. The average Bonchev–Trinajstić information content (AvgIpc) is 2.24. The average molecular weight is 325 g/mol. The summed E-state index contributed by atoms with van der Waals surface area (Å²) in [4.78, 5) is 11.2. The Morgan fingerprint density at radius 3 is 2.76 bits per heavy atom. The molecule has 7 nitrogen and oxygen atoms in total. The van der Waals surface area contributed by atoms with E-state index in [4.69, 9.17) is 0 Å². The lowest BCUT2D eigenvalue weighted by molar-refractivity contribution is 0.521. The van der Waals surface area contributed by atoms with E-state index in [1.807, 2.05) is 0 Å². The van der Waals surface area contributed by atoms with Gasteiger partial charge in [0.1, 0.15) is 4.47 Å². The number of aromatic nitrogens is 2. The molecule has 0 spiro atoms. The molecular weight excluding hydrogens is 312 g/mol. The number of halogens is 1. The highest BCUT2D eigenvalue weighted by Crippen LogP contribution is 2.14. The van der Waals surface area contributed by atoms with Gasteiger partial charge in [-0.25, -0.2) is 17.8 Å². The maximum atomic E-state index is 11.5. The zero-order chi connectivity index (χ0) is 13.1. The van der Waals surface area contributed by atoms with E-state index >= 15 is 0 Å². The van der Waals surface area contributed by atoms with Gasteiger partial charge in [0, 0.05) is 20.6 Å². The number of H-pyrrole nitrogens is 1. The van der Waals surface area contributed by atoms with Crippen molar-refractivity contribution in [2.45, 2.75) is 0 Å². The normalized spacial score (nSPS) is 11.8. The zero-order valence-electron chi connectivity index (χ0n) is 9.40. The van der Waals surface area contributed by atoms with Crippen molar-refractivity contribution in [1.82, 2.24) is 14.5 Å². The first kappa shape index (κ1) is 14.1. The minimum absolute atomic E-state index is 0.0563. The van der Waals surface area contributed by atoms with Crippen LogP contribution < -0.4 is 10.9 Å². The van der Waals surface area contributed by atoms with Gasteiger partial charge in [-0.15, -0.1) is 0 Å². The number of hydrogen-bond donors (Lipinski definition) is 2. The fraction of sp³-hybridized carbons (Fsp3) is 0.500. The molecule has 0 saturated carbocycles. The molecule has 0 bridgehead atoms. The van der Waals surface area contributed by atoms with Crippen molar-refractivity contribution in [1.29, 1.82) is 0 Å². The third-order valence-corrected chi connectivity index (χ3v) is 4.65. The van der Waals surface area contributed by atoms with E-state index in [2.05, 4.69) is 31.4 Å². The first-order chi connectivity index (χ1) is 7.84. The van der Waals surface area contributed by atoms with Crippen LogP contribution in [0.4, 0.5) is 5.69 Å². The summed E-state index contributed by atoms with van der Waals surface area (Å²) in [5.74, 6) is -0.0563. The largest absolute Gasteiger partial charge is 0.382 e. The predicted octanol–water partition coefficient (Wildman–Crippen LogP) is -0.164. The number of rotatable bonds is 5. The molecule has 0 unspecified atom stereocenters. The fourth-order valence-electron chi connectivity index (χ4n) is 1.00. The van der Waals surface area contributed by atoms with Gasteiger partial charge in [-0.05, 0) is 15.9 Å². The van der Waals surface area contributed by atoms with E-state index in [0.29, 0.717) is 10.2 Å². The quantitative estimate of drug-likeness (QED) is 0.784. The lowest BCUT2D eigenvalue weighted by atomic mass is 10.4. The Balaban J connectivity index is 2.64. The van der Waals surface area contributed by atoms with Crippen molar-refractivity contribution >= 4 is 31.6 Å². The topological polar surface area (TPSA) is 95.2 Å². The van der Waals surface area contributed by atoms with Crippen LogP contribution in [0.5, 0.6) is 0 Å². The van der Waals surface area contributed by atoms with Gasteiger partial charge >= 0.3 is 0 Å². The second-order valence-corrected chi connectivity index (χ2v) is 6.55. The van der Waals surface area contributed by atoms with Crippen molar-refractivity contribution in [3.63, 3.8) is 0 Å². The molecule has 96 valence electrons. The van der Waals surface area contributed by atoms with E-state index in [1.54, 1.807) is 0 Å². The van der Waals surface area contributed by atoms with Crippen molar-refractivity contribution in [3.05, 3.63) is 21.0 Å². The number of hydrogen-bond acceptors (Lipinski definition) is 5. The molecule has 0 aliphatic rings. The van der Waals surface area contributed by atoms with Gasteiger partial charge in [-0.2, -0.15) is 5.10 Å². The van der Waals surface area contributed by atoms with Crippen LogP contribution in [0.1, 0.15) is 0 Å². The molecule has 1 aromatic heterocycles. The maximum Gasteiger partial charge on any atom is 0.280 e. The van der Waals surface area contributed by atoms with Crippen LogP contribution in [0.15, 0.2) is 15.5 Å². The van der Waals surface area contributed by atoms with Gasteiger partial charge in [-0.1, -0.05) is 0 Å². The highest BCUT2D eigenvalue weighted by atomic mass is 79.9. The second-order valence-electron chi connectivity index (χ2n) is 3.45. The smallest absolute Gasteiger partial charge is 0.280 e. The SMILES string of the molecule is CN(C)S(=O)(=O)CCNc1cn[nH]c(=O)c1Br. The zero-order valence-corrected chi connectivity index (χ0v) is 11.8. The van der Waals surface area contributed by atoms with Gasteiger partial charge in [-0.3, -0.25) is 4.79 Å². The molecule has 17 heavy (non-hydrogen) atoms. The summed E-state index contributed by atoms with van der Waals surface area (Å²) in [6.07, 6.45) is 1.41.